The van der Waals surface area contributed by atoms with Crippen LogP contribution in [0.25, 0.3) is 10.2 Å². The number of nitrogens with zero attached hydrogens (tertiary/aromatic N) is 1. The zero-order valence-electron chi connectivity index (χ0n) is 14.3. The maximum atomic E-state index is 12.5. The highest BCUT2D eigenvalue weighted by atomic mass is 32.1. The summed E-state index contributed by atoms with van der Waals surface area (Å²) in [6, 6.07) is 13.0. The Balaban J connectivity index is 1.82. The van der Waals surface area contributed by atoms with Gasteiger partial charge in [0.15, 0.2) is 5.13 Å². The molecule has 0 atom stereocenters. The lowest BCUT2D eigenvalue weighted by Gasteiger charge is -2.07. The third kappa shape index (κ3) is 3.85. The Kier molecular flexibility index (Phi) is 4.81. The maximum Gasteiger partial charge on any atom is 0.255 e. The van der Waals surface area contributed by atoms with E-state index in [2.05, 4.69) is 15.6 Å². The van der Waals surface area contributed by atoms with Gasteiger partial charge in [0.05, 0.1) is 10.2 Å². The number of hydrogen-bond acceptors (Lipinski definition) is 4. The van der Waals surface area contributed by atoms with Gasteiger partial charge in [0.25, 0.3) is 5.91 Å². The van der Waals surface area contributed by atoms with E-state index in [1.807, 2.05) is 45.0 Å². The van der Waals surface area contributed by atoms with E-state index in [0.717, 1.165) is 21.5 Å². The Hall–Kier alpha value is -2.73. The Bertz CT molecular complexity index is 947. The van der Waals surface area contributed by atoms with Crippen molar-refractivity contribution in [2.75, 3.05) is 10.6 Å². The number of carbonyl (C=O) groups excluding carboxylic acids is 2. The van der Waals surface area contributed by atoms with Gasteiger partial charge in [0.2, 0.25) is 5.91 Å². The zero-order valence-corrected chi connectivity index (χ0v) is 15.1. The Morgan fingerprint density at radius 3 is 2.56 bits per heavy atom. The molecule has 0 saturated heterocycles. The summed E-state index contributed by atoms with van der Waals surface area (Å²) in [6.45, 7) is 5.61. The third-order valence-electron chi connectivity index (χ3n) is 3.80. The van der Waals surface area contributed by atoms with E-state index < -0.39 is 0 Å². The van der Waals surface area contributed by atoms with Crippen molar-refractivity contribution < 1.29 is 9.59 Å². The van der Waals surface area contributed by atoms with Gasteiger partial charge in [-0.15, -0.1) is 0 Å². The molecule has 3 aromatic rings. The van der Waals surface area contributed by atoms with Gasteiger partial charge in [-0.1, -0.05) is 43.4 Å². The van der Waals surface area contributed by atoms with Crippen molar-refractivity contribution in [3.05, 3.63) is 53.6 Å². The van der Waals surface area contributed by atoms with Crippen molar-refractivity contribution in [1.29, 1.82) is 0 Å². The van der Waals surface area contributed by atoms with E-state index in [1.165, 1.54) is 11.3 Å². The number of thiazole rings is 1. The standard InChI is InChI=1S/C19H19N3O2S/c1-11(2)17(23)22-19-21-15-9-8-13(10-16(15)25-19)18(24)20-14-7-5-4-6-12(14)3/h4-11H,1-3H3,(H,20,24)(H,21,22,23). The minimum atomic E-state index is -0.169. The van der Waals surface area contributed by atoms with Crippen LogP contribution in [0.5, 0.6) is 0 Å². The smallest absolute Gasteiger partial charge is 0.255 e. The fourth-order valence-electron chi connectivity index (χ4n) is 2.28. The van der Waals surface area contributed by atoms with Crippen molar-refractivity contribution >= 4 is 44.2 Å². The molecule has 0 unspecified atom stereocenters. The number of para-hydroxylation sites is 1. The number of amides is 2. The first-order chi connectivity index (χ1) is 11.9. The molecule has 25 heavy (non-hydrogen) atoms. The third-order valence-corrected chi connectivity index (χ3v) is 4.73. The van der Waals surface area contributed by atoms with Crippen LogP contribution in [0.15, 0.2) is 42.5 Å². The van der Waals surface area contributed by atoms with E-state index in [1.54, 1.807) is 18.2 Å². The summed E-state index contributed by atoms with van der Waals surface area (Å²) in [4.78, 5) is 28.7. The van der Waals surface area contributed by atoms with Gasteiger partial charge < -0.3 is 10.6 Å². The van der Waals surface area contributed by atoms with Gasteiger partial charge >= 0.3 is 0 Å². The molecular formula is C19H19N3O2S. The summed E-state index contributed by atoms with van der Waals surface area (Å²) in [5.41, 5.74) is 3.12. The van der Waals surface area contributed by atoms with Crippen LogP contribution in [-0.4, -0.2) is 16.8 Å². The predicted octanol–water partition coefficient (Wildman–Crippen LogP) is 4.45. The second kappa shape index (κ2) is 7.03. The van der Waals surface area contributed by atoms with E-state index >= 15 is 0 Å². The molecule has 0 aliphatic heterocycles. The number of aromatic nitrogens is 1. The molecule has 2 N–H and O–H groups in total. The Morgan fingerprint density at radius 1 is 1.08 bits per heavy atom. The molecule has 3 rings (SSSR count). The lowest BCUT2D eigenvalue weighted by Crippen LogP contribution is -2.17. The summed E-state index contributed by atoms with van der Waals surface area (Å²) in [5.74, 6) is -0.351. The van der Waals surface area contributed by atoms with Crippen molar-refractivity contribution in [1.82, 2.24) is 4.98 Å². The van der Waals surface area contributed by atoms with Crippen LogP contribution in [0.4, 0.5) is 10.8 Å². The van der Waals surface area contributed by atoms with Gasteiger partial charge in [-0.2, -0.15) is 0 Å². The second-order valence-electron chi connectivity index (χ2n) is 6.11. The van der Waals surface area contributed by atoms with E-state index in [4.69, 9.17) is 0 Å². The molecule has 1 aromatic heterocycles. The SMILES string of the molecule is Cc1ccccc1NC(=O)c1ccc2nc(NC(=O)C(C)C)sc2c1. The van der Waals surface area contributed by atoms with Crippen LogP contribution >= 0.6 is 11.3 Å². The predicted molar refractivity (Wildman–Crippen MR) is 102 cm³/mol. The first-order valence-electron chi connectivity index (χ1n) is 8.02. The highest BCUT2D eigenvalue weighted by Crippen LogP contribution is 2.27. The molecule has 2 aromatic carbocycles. The average Bonchev–Trinajstić information content (AvgIpc) is 2.98. The molecule has 0 aliphatic carbocycles. The monoisotopic (exact) mass is 353 g/mol. The number of benzene rings is 2. The molecule has 6 heteroatoms. The van der Waals surface area contributed by atoms with Gasteiger partial charge in [0.1, 0.15) is 0 Å². The van der Waals surface area contributed by atoms with Gasteiger partial charge in [-0.05, 0) is 36.8 Å². The number of nitrogens with one attached hydrogen (secondary N) is 2. The van der Waals surface area contributed by atoms with E-state index in [0.29, 0.717) is 10.7 Å². The Morgan fingerprint density at radius 2 is 1.84 bits per heavy atom. The van der Waals surface area contributed by atoms with Gasteiger partial charge in [-0.25, -0.2) is 4.98 Å². The summed E-state index contributed by atoms with van der Waals surface area (Å²) in [6.07, 6.45) is 0. The molecule has 128 valence electrons. The van der Waals surface area contributed by atoms with Crippen LogP contribution in [0.3, 0.4) is 0 Å². The molecule has 0 bridgehead atoms. The second-order valence-corrected chi connectivity index (χ2v) is 7.15. The van der Waals surface area contributed by atoms with Crippen LogP contribution in [-0.2, 0) is 4.79 Å². The molecule has 2 amide bonds. The topological polar surface area (TPSA) is 71.1 Å². The molecule has 0 fully saturated rings. The minimum absolute atomic E-state index is 0.0726. The fourth-order valence-corrected chi connectivity index (χ4v) is 3.18. The summed E-state index contributed by atoms with van der Waals surface area (Å²) in [5, 5.41) is 6.26. The van der Waals surface area contributed by atoms with Crippen LogP contribution < -0.4 is 10.6 Å². The van der Waals surface area contributed by atoms with Gasteiger partial charge in [-0.3, -0.25) is 9.59 Å². The zero-order chi connectivity index (χ0) is 18.0. The number of aryl methyl sites for hydroxylation is 1. The summed E-state index contributed by atoms with van der Waals surface area (Å²) < 4.78 is 0.858. The molecule has 0 aliphatic rings. The number of anilines is 2. The lowest BCUT2D eigenvalue weighted by atomic mass is 10.1. The Labute approximate surface area is 150 Å². The van der Waals surface area contributed by atoms with E-state index in [9.17, 15) is 9.59 Å². The highest BCUT2D eigenvalue weighted by molar-refractivity contribution is 7.22. The maximum absolute atomic E-state index is 12.5. The lowest BCUT2D eigenvalue weighted by molar-refractivity contribution is -0.118. The average molecular weight is 353 g/mol. The molecule has 5 nitrogen and oxygen atoms in total. The van der Waals surface area contributed by atoms with Crippen LogP contribution in [0, 0.1) is 12.8 Å². The van der Waals surface area contributed by atoms with Crippen molar-refractivity contribution in [3.63, 3.8) is 0 Å². The number of rotatable bonds is 4. The molecule has 0 spiro atoms. The largest absolute Gasteiger partial charge is 0.322 e. The fraction of sp³-hybridized carbons (Fsp3) is 0.211. The van der Waals surface area contributed by atoms with Crippen LogP contribution in [0.1, 0.15) is 29.8 Å². The molecule has 0 saturated carbocycles. The summed E-state index contributed by atoms with van der Waals surface area (Å²) in [7, 11) is 0. The van der Waals surface area contributed by atoms with Gasteiger partial charge in [0, 0.05) is 17.2 Å². The quantitative estimate of drug-likeness (QED) is 0.728. The molecule has 0 radical (unpaired) electrons. The van der Waals surface area contributed by atoms with E-state index in [-0.39, 0.29) is 17.7 Å². The normalized spacial score (nSPS) is 10.9. The first kappa shape index (κ1) is 17.1. The van der Waals surface area contributed by atoms with Crippen LogP contribution in [0.2, 0.25) is 0 Å². The summed E-state index contributed by atoms with van der Waals surface area (Å²) >= 11 is 1.36. The van der Waals surface area contributed by atoms with Crippen molar-refractivity contribution in [2.24, 2.45) is 5.92 Å². The van der Waals surface area contributed by atoms with Crippen molar-refractivity contribution in [2.45, 2.75) is 20.8 Å². The van der Waals surface area contributed by atoms with Crippen molar-refractivity contribution in [3.8, 4) is 0 Å². The minimum Gasteiger partial charge on any atom is -0.322 e. The molecular weight excluding hydrogens is 334 g/mol. The first-order valence-corrected chi connectivity index (χ1v) is 8.84. The highest BCUT2D eigenvalue weighted by Gasteiger charge is 2.13. The number of carbonyl (C=O) groups is 2. The number of fused-ring (bicyclic) bond motifs is 1. The number of hydrogen-bond donors (Lipinski definition) is 2. The molecule has 1 heterocycles.